The molecular formula is C31H37ClN2O5. The number of ether oxygens (including phenoxy) is 3. The smallest absolute Gasteiger partial charge is 0.176 e. The topological polar surface area (TPSA) is 74.6 Å². The first-order chi connectivity index (χ1) is 18.7. The maximum atomic E-state index is 12.7. The average molecular weight is 553 g/mol. The van der Waals surface area contributed by atoms with Gasteiger partial charge in [0.2, 0.25) is 0 Å². The molecule has 0 spiro atoms. The molecule has 1 saturated carbocycles. The van der Waals surface area contributed by atoms with Crippen LogP contribution in [0.15, 0.2) is 66.7 Å². The van der Waals surface area contributed by atoms with Crippen molar-refractivity contribution in [2.75, 3.05) is 54.5 Å². The number of likely N-dealkylation sites (N-methyl/N-ethyl adjacent to an activating group) is 2. The van der Waals surface area contributed by atoms with Gasteiger partial charge in [-0.2, -0.15) is 0 Å². The zero-order chi connectivity index (χ0) is 27.8. The van der Waals surface area contributed by atoms with Crippen molar-refractivity contribution >= 4 is 11.6 Å². The van der Waals surface area contributed by atoms with Crippen molar-refractivity contribution in [3.05, 3.63) is 88.4 Å². The highest BCUT2D eigenvalue weighted by molar-refractivity contribution is 6.30. The molecule has 1 fully saturated rings. The number of benzene rings is 3. The molecule has 0 radical (unpaired) electrons. The lowest BCUT2D eigenvalue weighted by Gasteiger charge is -2.40. The standard InChI is InChI=1S/C31H37ClN2O5/c1-33(2)14-16-37-24-18-26(38-17-15-34(3)4)29-27(19-24)39-31(22-10-12-23(32)13-11-22)25(20-28(35)30(29,31)36)21-8-6-5-7-9-21/h5-13,18-19,25,28,35-36H,14-17,20H2,1-4H3/t25-,28+,30+,31-/m0/s1. The lowest BCUT2D eigenvalue weighted by atomic mass is 9.71. The monoisotopic (exact) mass is 552 g/mol. The first kappa shape index (κ1) is 27.7. The van der Waals surface area contributed by atoms with E-state index in [1.165, 1.54) is 0 Å². The van der Waals surface area contributed by atoms with Crippen molar-refractivity contribution < 1.29 is 24.4 Å². The third-order valence-corrected chi connectivity index (χ3v) is 8.02. The Balaban J connectivity index is 1.67. The zero-order valence-electron chi connectivity index (χ0n) is 22.9. The van der Waals surface area contributed by atoms with Crippen LogP contribution in [0.1, 0.15) is 29.0 Å². The molecule has 208 valence electrons. The average Bonchev–Trinajstić information content (AvgIpc) is 3.29. The number of halogens is 1. The lowest BCUT2D eigenvalue weighted by Crippen LogP contribution is -2.52. The quantitative estimate of drug-likeness (QED) is 0.389. The molecule has 39 heavy (non-hydrogen) atoms. The van der Waals surface area contributed by atoms with E-state index >= 15 is 0 Å². The Morgan fingerprint density at radius 2 is 1.56 bits per heavy atom. The molecule has 0 amide bonds. The molecule has 3 aromatic carbocycles. The van der Waals surface area contributed by atoms with Crippen molar-refractivity contribution in [1.82, 2.24) is 9.80 Å². The Labute approximate surface area is 235 Å². The number of aliphatic hydroxyl groups is 2. The van der Waals surface area contributed by atoms with Crippen LogP contribution in [0.5, 0.6) is 17.2 Å². The fourth-order valence-corrected chi connectivity index (χ4v) is 6.01. The number of rotatable bonds is 10. The van der Waals surface area contributed by atoms with Crippen molar-refractivity contribution in [1.29, 1.82) is 0 Å². The molecule has 5 rings (SSSR count). The minimum absolute atomic E-state index is 0.306. The molecule has 0 unspecified atom stereocenters. The molecule has 1 heterocycles. The molecule has 2 N–H and O–H groups in total. The molecular weight excluding hydrogens is 516 g/mol. The van der Waals surface area contributed by atoms with Gasteiger partial charge in [-0.05, 0) is 57.9 Å². The molecule has 0 saturated heterocycles. The maximum absolute atomic E-state index is 12.7. The van der Waals surface area contributed by atoms with Crippen molar-refractivity contribution in [2.24, 2.45) is 0 Å². The maximum Gasteiger partial charge on any atom is 0.176 e. The Kier molecular flexibility index (Phi) is 7.82. The molecule has 4 atom stereocenters. The molecule has 8 heteroatoms. The van der Waals surface area contributed by atoms with Crippen LogP contribution in [-0.2, 0) is 11.2 Å². The van der Waals surface area contributed by atoms with Crippen LogP contribution in [-0.4, -0.2) is 80.6 Å². The van der Waals surface area contributed by atoms with Gasteiger partial charge in [-0.1, -0.05) is 54.1 Å². The summed E-state index contributed by atoms with van der Waals surface area (Å²) in [6.45, 7) is 2.28. The van der Waals surface area contributed by atoms with Crippen molar-refractivity contribution in [3.8, 4) is 17.2 Å². The Morgan fingerprint density at radius 1 is 0.923 bits per heavy atom. The summed E-state index contributed by atoms with van der Waals surface area (Å²) in [5.74, 6) is 1.12. The van der Waals surface area contributed by atoms with Gasteiger partial charge in [0.25, 0.3) is 0 Å². The summed E-state index contributed by atoms with van der Waals surface area (Å²) in [4.78, 5) is 4.07. The predicted octanol–water partition coefficient (Wildman–Crippen LogP) is 4.24. The minimum atomic E-state index is -1.79. The van der Waals surface area contributed by atoms with E-state index in [-0.39, 0.29) is 5.92 Å². The number of aliphatic hydroxyl groups excluding tert-OH is 1. The number of nitrogens with zero attached hydrogens (tertiary/aromatic N) is 2. The van der Waals surface area contributed by atoms with Crippen molar-refractivity contribution in [3.63, 3.8) is 0 Å². The third-order valence-electron chi connectivity index (χ3n) is 7.77. The van der Waals surface area contributed by atoms with Crippen LogP contribution >= 0.6 is 11.6 Å². The molecule has 1 aliphatic carbocycles. The highest BCUT2D eigenvalue weighted by Crippen LogP contribution is 2.68. The third kappa shape index (κ3) is 4.87. The second kappa shape index (κ2) is 11.0. The normalized spacial score (nSPS) is 25.5. The second-order valence-electron chi connectivity index (χ2n) is 10.9. The molecule has 1 aliphatic heterocycles. The zero-order valence-corrected chi connectivity index (χ0v) is 23.7. The van der Waals surface area contributed by atoms with Gasteiger partial charge in [0.15, 0.2) is 11.2 Å². The Hall–Kier alpha value is -2.81. The highest BCUT2D eigenvalue weighted by atomic mass is 35.5. The van der Waals surface area contributed by atoms with E-state index in [0.29, 0.717) is 54.0 Å². The minimum Gasteiger partial charge on any atom is -0.492 e. The van der Waals surface area contributed by atoms with Gasteiger partial charge in [-0.15, -0.1) is 0 Å². The molecule has 2 aliphatic rings. The second-order valence-corrected chi connectivity index (χ2v) is 11.4. The first-order valence-electron chi connectivity index (χ1n) is 13.3. The fourth-order valence-electron chi connectivity index (χ4n) is 5.88. The van der Waals surface area contributed by atoms with Gasteiger partial charge in [0.1, 0.15) is 30.5 Å². The summed E-state index contributed by atoms with van der Waals surface area (Å²) in [6, 6.07) is 20.8. The summed E-state index contributed by atoms with van der Waals surface area (Å²) < 4.78 is 19.3. The van der Waals surface area contributed by atoms with E-state index in [1.807, 2.05) is 80.5 Å². The molecule has 3 aromatic rings. The predicted molar refractivity (Wildman–Crippen MR) is 152 cm³/mol. The summed E-state index contributed by atoms with van der Waals surface area (Å²) in [6.07, 6.45) is -0.808. The van der Waals surface area contributed by atoms with Crippen LogP contribution in [0.4, 0.5) is 0 Å². The van der Waals surface area contributed by atoms with Crippen LogP contribution in [0.3, 0.4) is 0 Å². The van der Waals surface area contributed by atoms with E-state index in [1.54, 1.807) is 24.3 Å². The summed E-state index contributed by atoms with van der Waals surface area (Å²) in [7, 11) is 7.93. The van der Waals surface area contributed by atoms with E-state index in [2.05, 4.69) is 0 Å². The summed E-state index contributed by atoms with van der Waals surface area (Å²) in [5, 5.41) is 25.0. The van der Waals surface area contributed by atoms with Crippen LogP contribution < -0.4 is 14.2 Å². The van der Waals surface area contributed by atoms with Crippen molar-refractivity contribution in [2.45, 2.75) is 29.6 Å². The van der Waals surface area contributed by atoms with Gasteiger partial charge in [-0.25, -0.2) is 0 Å². The first-order valence-corrected chi connectivity index (χ1v) is 13.7. The Bertz CT molecular complexity index is 1290. The lowest BCUT2D eigenvalue weighted by molar-refractivity contribution is -0.150. The summed E-state index contributed by atoms with van der Waals surface area (Å²) >= 11 is 6.27. The summed E-state index contributed by atoms with van der Waals surface area (Å²) in [5.41, 5.74) is -0.963. The SMILES string of the molecule is CN(C)CCOc1cc(OCCN(C)C)c2c(c1)O[C@@]1(c3ccc(Cl)cc3)[C@H](c3ccccc3)C[C@@H](O)[C@@]21O. The van der Waals surface area contributed by atoms with E-state index < -0.39 is 17.3 Å². The molecule has 0 aromatic heterocycles. The van der Waals surface area contributed by atoms with Crippen LogP contribution in [0.25, 0.3) is 0 Å². The molecule has 7 nitrogen and oxygen atoms in total. The molecule has 0 bridgehead atoms. The van der Waals surface area contributed by atoms with E-state index in [9.17, 15) is 10.2 Å². The van der Waals surface area contributed by atoms with Gasteiger partial charge in [0.05, 0.1) is 11.7 Å². The van der Waals surface area contributed by atoms with Crippen LogP contribution in [0.2, 0.25) is 5.02 Å². The van der Waals surface area contributed by atoms with Crippen LogP contribution in [0, 0.1) is 0 Å². The van der Waals surface area contributed by atoms with Gasteiger partial charge in [-0.3, -0.25) is 0 Å². The van der Waals surface area contributed by atoms with E-state index in [0.717, 1.165) is 17.7 Å². The fraction of sp³-hybridized carbons (Fsp3) is 0.419. The van der Waals surface area contributed by atoms with E-state index in [4.69, 9.17) is 25.8 Å². The largest absolute Gasteiger partial charge is 0.492 e. The highest BCUT2D eigenvalue weighted by Gasteiger charge is 2.73. The van der Waals surface area contributed by atoms with Gasteiger partial charge in [0, 0.05) is 36.2 Å². The number of hydrogen-bond donors (Lipinski definition) is 2. The number of hydrogen-bond acceptors (Lipinski definition) is 7. The van der Waals surface area contributed by atoms with Gasteiger partial charge >= 0.3 is 0 Å². The van der Waals surface area contributed by atoms with Gasteiger partial charge < -0.3 is 34.2 Å². The number of fused-ring (bicyclic) bond motifs is 3. The Morgan fingerprint density at radius 3 is 2.21 bits per heavy atom.